The van der Waals surface area contributed by atoms with Gasteiger partial charge in [-0.3, -0.25) is 4.90 Å². The molecule has 0 amide bonds. The molecule has 1 saturated heterocycles. The van der Waals surface area contributed by atoms with Crippen LogP contribution in [0.4, 0.5) is 0 Å². The molecule has 16 heavy (non-hydrogen) atoms. The highest BCUT2D eigenvalue weighted by Gasteiger charge is 2.43. The molecule has 1 saturated carbocycles. The van der Waals surface area contributed by atoms with E-state index in [9.17, 15) is 0 Å². The quantitative estimate of drug-likeness (QED) is 0.795. The van der Waals surface area contributed by atoms with Crippen molar-refractivity contribution < 1.29 is 0 Å². The maximum atomic E-state index is 6.36. The zero-order valence-electron chi connectivity index (χ0n) is 11.0. The molecule has 94 valence electrons. The molecule has 0 bridgehead atoms. The molecule has 0 aromatic carbocycles. The van der Waals surface area contributed by atoms with Crippen LogP contribution >= 0.6 is 0 Å². The number of rotatable bonds is 4. The Morgan fingerprint density at radius 1 is 1.19 bits per heavy atom. The molecule has 2 heteroatoms. The SMILES string of the molecule is CCCC1(N)CN(C2CCCCC2CC)C1. The summed E-state index contributed by atoms with van der Waals surface area (Å²) in [5.41, 5.74) is 6.51. The normalized spacial score (nSPS) is 34.7. The maximum absolute atomic E-state index is 6.36. The number of nitrogens with two attached hydrogens (primary N) is 1. The van der Waals surface area contributed by atoms with Crippen LogP contribution in [0, 0.1) is 5.92 Å². The first kappa shape index (κ1) is 12.4. The van der Waals surface area contributed by atoms with Crippen molar-refractivity contribution in [3.63, 3.8) is 0 Å². The lowest BCUT2D eigenvalue weighted by Gasteiger charge is -2.54. The molecule has 1 heterocycles. The summed E-state index contributed by atoms with van der Waals surface area (Å²) < 4.78 is 0. The summed E-state index contributed by atoms with van der Waals surface area (Å²) in [6.07, 6.45) is 9.53. The van der Waals surface area contributed by atoms with Crippen LogP contribution in [0.3, 0.4) is 0 Å². The molecule has 2 fully saturated rings. The van der Waals surface area contributed by atoms with Gasteiger partial charge in [0.15, 0.2) is 0 Å². The van der Waals surface area contributed by atoms with E-state index in [1.807, 2.05) is 0 Å². The molecule has 0 aromatic rings. The highest BCUT2D eigenvalue weighted by molar-refractivity contribution is 5.03. The van der Waals surface area contributed by atoms with Gasteiger partial charge in [-0.05, 0) is 25.2 Å². The average molecular weight is 224 g/mol. The van der Waals surface area contributed by atoms with E-state index in [4.69, 9.17) is 5.73 Å². The lowest BCUT2D eigenvalue weighted by molar-refractivity contribution is -0.0148. The van der Waals surface area contributed by atoms with E-state index in [-0.39, 0.29) is 5.54 Å². The molecular formula is C14H28N2. The average Bonchev–Trinajstić information content (AvgIpc) is 2.26. The fraction of sp³-hybridized carbons (Fsp3) is 1.00. The molecule has 2 nitrogen and oxygen atoms in total. The smallest absolute Gasteiger partial charge is 0.0412 e. The summed E-state index contributed by atoms with van der Waals surface area (Å²) in [4.78, 5) is 2.67. The van der Waals surface area contributed by atoms with Gasteiger partial charge in [0.2, 0.25) is 0 Å². The Labute approximate surface area is 101 Å². The number of hydrogen-bond acceptors (Lipinski definition) is 2. The van der Waals surface area contributed by atoms with Crippen molar-refractivity contribution >= 4 is 0 Å². The van der Waals surface area contributed by atoms with Crippen LogP contribution in [0.25, 0.3) is 0 Å². The molecule has 2 atom stereocenters. The van der Waals surface area contributed by atoms with Crippen molar-refractivity contribution in [2.75, 3.05) is 13.1 Å². The van der Waals surface area contributed by atoms with Gasteiger partial charge in [0.1, 0.15) is 0 Å². The minimum absolute atomic E-state index is 0.157. The lowest BCUT2D eigenvalue weighted by Crippen LogP contribution is -2.70. The summed E-state index contributed by atoms with van der Waals surface area (Å²) in [6, 6.07) is 0.854. The first-order valence-corrected chi connectivity index (χ1v) is 7.21. The third-order valence-corrected chi connectivity index (χ3v) is 4.65. The van der Waals surface area contributed by atoms with E-state index in [1.54, 1.807) is 0 Å². The Kier molecular flexibility index (Phi) is 3.91. The molecule has 0 radical (unpaired) electrons. The van der Waals surface area contributed by atoms with Crippen LogP contribution in [0.2, 0.25) is 0 Å². The minimum atomic E-state index is 0.157. The minimum Gasteiger partial charge on any atom is -0.323 e. The van der Waals surface area contributed by atoms with Gasteiger partial charge < -0.3 is 5.73 Å². The highest BCUT2D eigenvalue weighted by atomic mass is 15.3. The maximum Gasteiger partial charge on any atom is 0.0412 e. The number of likely N-dealkylation sites (tertiary alicyclic amines) is 1. The number of hydrogen-bond donors (Lipinski definition) is 1. The van der Waals surface area contributed by atoms with Gasteiger partial charge in [-0.15, -0.1) is 0 Å². The van der Waals surface area contributed by atoms with E-state index in [1.165, 1.54) is 44.9 Å². The third-order valence-electron chi connectivity index (χ3n) is 4.65. The van der Waals surface area contributed by atoms with E-state index in [0.29, 0.717) is 0 Å². The zero-order chi connectivity index (χ0) is 11.6. The monoisotopic (exact) mass is 224 g/mol. The Morgan fingerprint density at radius 2 is 1.88 bits per heavy atom. The van der Waals surface area contributed by atoms with Crippen LogP contribution in [0.15, 0.2) is 0 Å². The van der Waals surface area contributed by atoms with Crippen LogP contribution in [-0.4, -0.2) is 29.6 Å². The van der Waals surface area contributed by atoms with E-state index < -0.39 is 0 Å². The topological polar surface area (TPSA) is 29.3 Å². The molecular weight excluding hydrogens is 196 g/mol. The molecule has 0 spiro atoms. The van der Waals surface area contributed by atoms with Gasteiger partial charge in [0, 0.05) is 24.7 Å². The third kappa shape index (κ3) is 2.43. The number of nitrogens with zero attached hydrogens (tertiary/aromatic N) is 1. The van der Waals surface area contributed by atoms with E-state index >= 15 is 0 Å². The second kappa shape index (κ2) is 5.05. The Hall–Kier alpha value is -0.0800. The first-order chi connectivity index (χ1) is 7.68. The largest absolute Gasteiger partial charge is 0.323 e. The van der Waals surface area contributed by atoms with Crippen molar-refractivity contribution in [2.45, 2.75) is 70.4 Å². The molecule has 1 aliphatic carbocycles. The molecule has 2 unspecified atom stereocenters. The summed E-state index contributed by atoms with van der Waals surface area (Å²) in [7, 11) is 0. The van der Waals surface area contributed by atoms with Gasteiger partial charge in [0.25, 0.3) is 0 Å². The van der Waals surface area contributed by atoms with Crippen molar-refractivity contribution in [2.24, 2.45) is 11.7 Å². The molecule has 1 aliphatic heterocycles. The van der Waals surface area contributed by atoms with E-state index in [2.05, 4.69) is 18.7 Å². The summed E-state index contributed by atoms with van der Waals surface area (Å²) in [5.74, 6) is 0.944. The Morgan fingerprint density at radius 3 is 2.50 bits per heavy atom. The highest BCUT2D eigenvalue weighted by Crippen LogP contribution is 2.36. The van der Waals surface area contributed by atoms with Crippen molar-refractivity contribution in [3.8, 4) is 0 Å². The fourth-order valence-electron chi connectivity index (χ4n) is 3.80. The predicted octanol–water partition coefficient (Wildman–Crippen LogP) is 2.77. The first-order valence-electron chi connectivity index (χ1n) is 7.21. The fourth-order valence-corrected chi connectivity index (χ4v) is 3.80. The second-order valence-electron chi connectivity index (χ2n) is 6.04. The van der Waals surface area contributed by atoms with E-state index in [0.717, 1.165) is 25.0 Å². The van der Waals surface area contributed by atoms with Crippen molar-refractivity contribution in [3.05, 3.63) is 0 Å². The predicted molar refractivity (Wildman–Crippen MR) is 69.4 cm³/mol. The van der Waals surface area contributed by atoms with Gasteiger partial charge in [-0.25, -0.2) is 0 Å². The van der Waals surface area contributed by atoms with Gasteiger partial charge in [-0.2, -0.15) is 0 Å². The molecule has 2 aliphatic rings. The molecule has 0 aromatic heterocycles. The van der Waals surface area contributed by atoms with Gasteiger partial charge in [0.05, 0.1) is 0 Å². The van der Waals surface area contributed by atoms with Crippen molar-refractivity contribution in [1.82, 2.24) is 4.90 Å². The molecule has 2 rings (SSSR count). The van der Waals surface area contributed by atoms with Crippen molar-refractivity contribution in [1.29, 1.82) is 0 Å². The zero-order valence-corrected chi connectivity index (χ0v) is 11.0. The lowest BCUT2D eigenvalue weighted by atomic mass is 9.77. The summed E-state index contributed by atoms with van der Waals surface area (Å²) >= 11 is 0. The summed E-state index contributed by atoms with van der Waals surface area (Å²) in [5, 5.41) is 0. The Balaban J connectivity index is 1.85. The Bertz CT molecular complexity index is 221. The standard InChI is InChI=1S/C14H28N2/c1-3-9-14(15)10-16(11-14)13-8-6-5-7-12(13)4-2/h12-13H,3-11,15H2,1-2H3. The second-order valence-corrected chi connectivity index (χ2v) is 6.04. The van der Waals surface area contributed by atoms with Crippen LogP contribution in [0.5, 0.6) is 0 Å². The van der Waals surface area contributed by atoms with Gasteiger partial charge in [-0.1, -0.05) is 39.5 Å². The van der Waals surface area contributed by atoms with Gasteiger partial charge >= 0.3 is 0 Å². The molecule has 2 N–H and O–H groups in total. The van der Waals surface area contributed by atoms with Crippen LogP contribution in [0.1, 0.15) is 58.8 Å². The van der Waals surface area contributed by atoms with Crippen LogP contribution in [-0.2, 0) is 0 Å². The van der Waals surface area contributed by atoms with Crippen LogP contribution < -0.4 is 5.73 Å². The summed E-state index contributed by atoms with van der Waals surface area (Å²) in [6.45, 7) is 6.90.